The van der Waals surface area contributed by atoms with E-state index in [0.29, 0.717) is 0 Å². The largest absolute Gasteiger partial charge is 0.496 e. The van der Waals surface area contributed by atoms with Crippen LogP contribution in [0.4, 0.5) is 0 Å². The normalized spacial score (nSPS) is 12.4. The standard InChI is InChI=1S/C12H16N4OS/c1-7-4-5-9(12(17-3)8(7)2)11(14-13)10-6-18-16-15-10/h4-6,11,14H,13H2,1-3H3. The lowest BCUT2D eigenvalue weighted by molar-refractivity contribution is 0.400. The van der Waals surface area contributed by atoms with Crippen molar-refractivity contribution < 1.29 is 4.74 Å². The number of methoxy groups -OCH3 is 1. The van der Waals surface area contributed by atoms with Crippen molar-refractivity contribution in [2.45, 2.75) is 19.9 Å². The maximum atomic E-state index is 5.64. The summed E-state index contributed by atoms with van der Waals surface area (Å²) in [5.41, 5.74) is 6.82. The third-order valence-electron chi connectivity index (χ3n) is 3.06. The fraction of sp³-hybridized carbons (Fsp3) is 0.333. The second-order valence-corrected chi connectivity index (χ2v) is 4.67. The van der Waals surface area contributed by atoms with Gasteiger partial charge in [0.1, 0.15) is 5.75 Å². The summed E-state index contributed by atoms with van der Waals surface area (Å²) in [5.74, 6) is 6.48. The van der Waals surface area contributed by atoms with Crippen LogP contribution in [0.15, 0.2) is 17.5 Å². The molecule has 0 radical (unpaired) electrons. The van der Waals surface area contributed by atoms with Gasteiger partial charge in [-0.05, 0) is 36.5 Å². The monoisotopic (exact) mass is 264 g/mol. The van der Waals surface area contributed by atoms with Crippen LogP contribution in [-0.2, 0) is 0 Å². The van der Waals surface area contributed by atoms with E-state index in [1.807, 2.05) is 18.4 Å². The molecule has 1 aromatic carbocycles. The first kappa shape index (κ1) is 12.9. The molecule has 0 amide bonds. The van der Waals surface area contributed by atoms with Crippen LogP contribution in [0.2, 0.25) is 0 Å². The minimum Gasteiger partial charge on any atom is -0.496 e. The van der Waals surface area contributed by atoms with Crippen molar-refractivity contribution >= 4 is 11.5 Å². The molecule has 0 fully saturated rings. The molecular formula is C12H16N4OS. The Hall–Kier alpha value is -1.50. The van der Waals surface area contributed by atoms with Gasteiger partial charge in [0.25, 0.3) is 0 Å². The molecule has 3 N–H and O–H groups in total. The van der Waals surface area contributed by atoms with Gasteiger partial charge in [-0.2, -0.15) is 0 Å². The molecule has 0 aliphatic rings. The Kier molecular flexibility index (Phi) is 3.90. The molecule has 2 rings (SSSR count). The Labute approximate surface area is 110 Å². The molecule has 2 aromatic rings. The number of nitrogens with one attached hydrogen (secondary N) is 1. The molecule has 18 heavy (non-hydrogen) atoms. The van der Waals surface area contributed by atoms with Gasteiger partial charge >= 0.3 is 0 Å². The van der Waals surface area contributed by atoms with Crippen LogP contribution < -0.4 is 16.0 Å². The van der Waals surface area contributed by atoms with Crippen LogP contribution in [-0.4, -0.2) is 16.7 Å². The zero-order valence-corrected chi connectivity index (χ0v) is 11.4. The lowest BCUT2D eigenvalue weighted by Crippen LogP contribution is -2.29. The number of aryl methyl sites for hydroxylation is 1. The molecule has 0 saturated heterocycles. The molecule has 1 atom stereocenters. The van der Waals surface area contributed by atoms with E-state index in [9.17, 15) is 0 Å². The Bertz CT molecular complexity index is 527. The van der Waals surface area contributed by atoms with Crippen molar-refractivity contribution in [2.24, 2.45) is 5.84 Å². The van der Waals surface area contributed by atoms with Gasteiger partial charge in [-0.3, -0.25) is 5.84 Å². The summed E-state index contributed by atoms with van der Waals surface area (Å²) in [6, 6.07) is 3.85. The van der Waals surface area contributed by atoms with Crippen LogP contribution >= 0.6 is 11.5 Å². The minimum atomic E-state index is -0.210. The van der Waals surface area contributed by atoms with Gasteiger partial charge in [0.05, 0.1) is 18.8 Å². The first-order valence-corrected chi connectivity index (χ1v) is 6.39. The smallest absolute Gasteiger partial charge is 0.127 e. The molecule has 0 aliphatic carbocycles. The number of hydrogen-bond donors (Lipinski definition) is 2. The topological polar surface area (TPSA) is 73.1 Å². The van der Waals surface area contributed by atoms with Gasteiger partial charge in [-0.1, -0.05) is 16.6 Å². The Morgan fingerprint density at radius 1 is 1.39 bits per heavy atom. The summed E-state index contributed by atoms with van der Waals surface area (Å²) < 4.78 is 9.36. The highest BCUT2D eigenvalue weighted by Crippen LogP contribution is 2.33. The molecule has 1 unspecified atom stereocenters. The van der Waals surface area contributed by atoms with Crippen molar-refractivity contribution in [3.8, 4) is 5.75 Å². The van der Waals surface area contributed by atoms with Crippen LogP contribution in [0.5, 0.6) is 5.75 Å². The molecule has 5 nitrogen and oxygen atoms in total. The van der Waals surface area contributed by atoms with Crippen molar-refractivity contribution in [3.63, 3.8) is 0 Å². The van der Waals surface area contributed by atoms with Crippen LogP contribution in [0, 0.1) is 13.8 Å². The molecule has 6 heteroatoms. The first-order chi connectivity index (χ1) is 8.69. The summed E-state index contributed by atoms with van der Waals surface area (Å²) >= 11 is 1.30. The minimum absolute atomic E-state index is 0.210. The molecule has 0 saturated carbocycles. The number of ether oxygens (including phenoxy) is 1. The number of benzene rings is 1. The molecule has 0 aliphatic heterocycles. The predicted octanol–water partition coefficient (Wildman–Crippen LogP) is 1.72. The summed E-state index contributed by atoms with van der Waals surface area (Å²) in [4.78, 5) is 0. The second kappa shape index (κ2) is 5.43. The average Bonchev–Trinajstić information content (AvgIpc) is 2.89. The summed E-state index contributed by atoms with van der Waals surface area (Å²) in [5, 5.41) is 5.94. The van der Waals surface area contributed by atoms with Crippen LogP contribution in [0.25, 0.3) is 0 Å². The zero-order chi connectivity index (χ0) is 13.1. The third-order valence-corrected chi connectivity index (χ3v) is 3.58. The summed E-state index contributed by atoms with van der Waals surface area (Å²) in [6.07, 6.45) is 0. The van der Waals surface area contributed by atoms with Gasteiger partial charge in [0, 0.05) is 10.9 Å². The van der Waals surface area contributed by atoms with Gasteiger partial charge in [0.15, 0.2) is 0 Å². The quantitative estimate of drug-likeness (QED) is 0.649. The first-order valence-electron chi connectivity index (χ1n) is 5.56. The molecule has 1 heterocycles. The van der Waals surface area contributed by atoms with E-state index >= 15 is 0 Å². The molecule has 96 valence electrons. The fourth-order valence-electron chi connectivity index (χ4n) is 1.94. The maximum Gasteiger partial charge on any atom is 0.127 e. The highest BCUT2D eigenvalue weighted by atomic mass is 32.1. The lowest BCUT2D eigenvalue weighted by atomic mass is 9.98. The molecule has 1 aromatic heterocycles. The highest BCUT2D eigenvalue weighted by molar-refractivity contribution is 7.03. The number of hydrazine groups is 1. The van der Waals surface area contributed by atoms with E-state index in [1.165, 1.54) is 17.1 Å². The van der Waals surface area contributed by atoms with Crippen molar-refractivity contribution in [2.75, 3.05) is 7.11 Å². The van der Waals surface area contributed by atoms with E-state index in [0.717, 1.165) is 22.6 Å². The van der Waals surface area contributed by atoms with Gasteiger partial charge < -0.3 is 4.74 Å². The van der Waals surface area contributed by atoms with E-state index in [2.05, 4.69) is 28.0 Å². The van der Waals surface area contributed by atoms with Crippen molar-refractivity contribution in [1.29, 1.82) is 0 Å². The highest BCUT2D eigenvalue weighted by Gasteiger charge is 2.21. The molecule has 0 spiro atoms. The van der Waals surface area contributed by atoms with Gasteiger partial charge in [0.2, 0.25) is 0 Å². The van der Waals surface area contributed by atoms with E-state index < -0.39 is 0 Å². The molecule has 0 bridgehead atoms. The lowest BCUT2D eigenvalue weighted by Gasteiger charge is -2.19. The number of nitrogens with two attached hydrogens (primary N) is 1. The van der Waals surface area contributed by atoms with Crippen LogP contribution in [0.1, 0.15) is 28.4 Å². The van der Waals surface area contributed by atoms with Crippen LogP contribution in [0.3, 0.4) is 0 Å². The second-order valence-electron chi connectivity index (χ2n) is 4.06. The number of aromatic nitrogens is 2. The summed E-state index contributed by atoms with van der Waals surface area (Å²) in [6.45, 7) is 4.08. The van der Waals surface area contributed by atoms with E-state index in [1.54, 1.807) is 7.11 Å². The predicted molar refractivity (Wildman–Crippen MR) is 71.5 cm³/mol. The number of rotatable bonds is 4. The average molecular weight is 264 g/mol. The van der Waals surface area contributed by atoms with Crippen molar-refractivity contribution in [1.82, 2.24) is 15.0 Å². The fourth-order valence-corrected chi connectivity index (χ4v) is 2.42. The molecular weight excluding hydrogens is 248 g/mol. The van der Waals surface area contributed by atoms with E-state index in [-0.39, 0.29) is 6.04 Å². The number of hydrogen-bond acceptors (Lipinski definition) is 6. The Morgan fingerprint density at radius 2 is 2.17 bits per heavy atom. The SMILES string of the molecule is COc1c(C(NN)c2csnn2)ccc(C)c1C. The maximum absolute atomic E-state index is 5.64. The zero-order valence-electron chi connectivity index (χ0n) is 10.6. The number of nitrogens with zero attached hydrogens (tertiary/aromatic N) is 2. The van der Waals surface area contributed by atoms with E-state index in [4.69, 9.17) is 10.6 Å². The van der Waals surface area contributed by atoms with Gasteiger partial charge in [-0.15, -0.1) is 5.10 Å². The Morgan fingerprint density at radius 3 is 2.72 bits per heavy atom. The van der Waals surface area contributed by atoms with Crippen molar-refractivity contribution in [3.05, 3.63) is 39.9 Å². The van der Waals surface area contributed by atoms with Gasteiger partial charge in [-0.25, -0.2) is 5.43 Å². The Balaban J connectivity index is 2.52. The third kappa shape index (κ3) is 2.22. The summed E-state index contributed by atoms with van der Waals surface area (Å²) in [7, 11) is 1.66.